The van der Waals surface area contributed by atoms with Gasteiger partial charge in [-0.05, 0) is 48.9 Å². The molecule has 0 spiro atoms. The van der Waals surface area contributed by atoms with Crippen molar-refractivity contribution >= 4 is 33.8 Å². The highest BCUT2D eigenvalue weighted by atomic mass is 79.9. The van der Waals surface area contributed by atoms with Crippen molar-refractivity contribution < 1.29 is 19.1 Å². The standard InChI is InChI=1S/C19H19BrN2O4/c1-3-26-16-10-7-14(12-17(16)25-2)19(24)22-21-18(23)11-6-13-4-8-15(20)9-5-13/h4-12H,3H2,1-2H3,(H,21,23)(H,22,24)/b11-6+. The minimum Gasteiger partial charge on any atom is -0.493 e. The number of halogens is 1. The van der Waals surface area contributed by atoms with Gasteiger partial charge in [0, 0.05) is 16.1 Å². The quantitative estimate of drug-likeness (QED) is 0.557. The lowest BCUT2D eigenvalue weighted by molar-refractivity contribution is -0.117. The predicted molar refractivity (Wildman–Crippen MR) is 103 cm³/mol. The Morgan fingerprint density at radius 3 is 2.46 bits per heavy atom. The molecule has 0 heterocycles. The monoisotopic (exact) mass is 418 g/mol. The Labute approximate surface area is 160 Å². The van der Waals surface area contributed by atoms with Crippen LogP contribution >= 0.6 is 15.9 Å². The largest absolute Gasteiger partial charge is 0.493 e. The molecule has 2 amide bonds. The molecule has 2 N–H and O–H groups in total. The molecular weight excluding hydrogens is 400 g/mol. The zero-order valence-corrected chi connectivity index (χ0v) is 16.0. The van der Waals surface area contributed by atoms with Gasteiger partial charge in [0.1, 0.15) is 0 Å². The lowest BCUT2D eigenvalue weighted by Gasteiger charge is -2.11. The number of amides is 2. The highest BCUT2D eigenvalue weighted by Crippen LogP contribution is 2.27. The van der Waals surface area contributed by atoms with Crippen LogP contribution in [-0.2, 0) is 4.79 Å². The molecule has 0 radical (unpaired) electrons. The molecule has 136 valence electrons. The first-order valence-corrected chi connectivity index (χ1v) is 8.67. The highest BCUT2D eigenvalue weighted by molar-refractivity contribution is 9.10. The van der Waals surface area contributed by atoms with Crippen LogP contribution in [0.4, 0.5) is 0 Å². The molecule has 0 aliphatic heterocycles. The van der Waals surface area contributed by atoms with Gasteiger partial charge in [-0.3, -0.25) is 20.4 Å². The van der Waals surface area contributed by atoms with Crippen molar-refractivity contribution in [2.24, 2.45) is 0 Å². The Kier molecular flexibility index (Phi) is 7.23. The summed E-state index contributed by atoms with van der Waals surface area (Å²) in [6.07, 6.45) is 2.98. The van der Waals surface area contributed by atoms with E-state index in [2.05, 4.69) is 26.8 Å². The van der Waals surface area contributed by atoms with Crippen LogP contribution in [0.1, 0.15) is 22.8 Å². The van der Waals surface area contributed by atoms with Crippen molar-refractivity contribution in [3.8, 4) is 11.5 Å². The number of methoxy groups -OCH3 is 1. The van der Waals surface area contributed by atoms with Gasteiger partial charge in [0.25, 0.3) is 11.8 Å². The second kappa shape index (κ2) is 9.62. The summed E-state index contributed by atoms with van der Waals surface area (Å²) in [5, 5.41) is 0. The van der Waals surface area contributed by atoms with Crippen molar-refractivity contribution in [1.29, 1.82) is 0 Å². The van der Waals surface area contributed by atoms with Gasteiger partial charge in [0.2, 0.25) is 0 Å². The SMILES string of the molecule is CCOc1ccc(C(=O)NNC(=O)/C=C/c2ccc(Br)cc2)cc1OC. The van der Waals surface area contributed by atoms with Crippen LogP contribution in [0.25, 0.3) is 6.08 Å². The van der Waals surface area contributed by atoms with Gasteiger partial charge in [-0.15, -0.1) is 0 Å². The summed E-state index contributed by atoms with van der Waals surface area (Å²) in [5.41, 5.74) is 5.89. The van der Waals surface area contributed by atoms with Gasteiger partial charge in [-0.2, -0.15) is 0 Å². The highest BCUT2D eigenvalue weighted by Gasteiger charge is 2.11. The fourth-order valence-corrected chi connectivity index (χ4v) is 2.33. The van der Waals surface area contributed by atoms with Crippen molar-refractivity contribution in [3.05, 3.63) is 64.1 Å². The average Bonchev–Trinajstić information content (AvgIpc) is 2.66. The van der Waals surface area contributed by atoms with Crippen LogP contribution in [0.2, 0.25) is 0 Å². The summed E-state index contributed by atoms with van der Waals surface area (Å²) >= 11 is 3.34. The first-order valence-electron chi connectivity index (χ1n) is 7.88. The smallest absolute Gasteiger partial charge is 0.269 e. The first-order chi connectivity index (χ1) is 12.5. The molecule has 2 rings (SSSR count). The summed E-state index contributed by atoms with van der Waals surface area (Å²) in [6, 6.07) is 12.2. The van der Waals surface area contributed by atoms with Crippen molar-refractivity contribution in [2.45, 2.75) is 6.92 Å². The van der Waals surface area contributed by atoms with E-state index in [1.807, 2.05) is 31.2 Å². The van der Waals surface area contributed by atoms with Gasteiger partial charge in [-0.25, -0.2) is 0 Å². The maximum atomic E-state index is 12.1. The molecule has 0 aliphatic carbocycles. The summed E-state index contributed by atoms with van der Waals surface area (Å²) in [5.74, 6) is 0.0879. The normalized spacial score (nSPS) is 10.4. The van der Waals surface area contributed by atoms with Gasteiger partial charge < -0.3 is 9.47 Å². The van der Waals surface area contributed by atoms with Crippen LogP contribution in [0.5, 0.6) is 11.5 Å². The molecule has 6 nitrogen and oxygen atoms in total. The number of rotatable bonds is 6. The molecule has 7 heteroatoms. The van der Waals surface area contributed by atoms with E-state index in [0.717, 1.165) is 10.0 Å². The van der Waals surface area contributed by atoms with Crippen molar-refractivity contribution in [1.82, 2.24) is 10.9 Å². The zero-order valence-electron chi connectivity index (χ0n) is 14.4. The molecule has 2 aromatic carbocycles. The molecule has 0 saturated carbocycles. The molecule has 0 unspecified atom stereocenters. The summed E-state index contributed by atoms with van der Waals surface area (Å²) < 4.78 is 11.6. The Morgan fingerprint density at radius 2 is 1.81 bits per heavy atom. The zero-order chi connectivity index (χ0) is 18.9. The third-order valence-electron chi connectivity index (χ3n) is 3.32. The fourth-order valence-electron chi connectivity index (χ4n) is 2.06. The molecular formula is C19H19BrN2O4. The number of benzene rings is 2. The Hall–Kier alpha value is -2.80. The summed E-state index contributed by atoms with van der Waals surface area (Å²) in [7, 11) is 1.49. The number of carbonyl (C=O) groups is 2. The lowest BCUT2D eigenvalue weighted by Crippen LogP contribution is -2.40. The van der Waals surface area contributed by atoms with Gasteiger partial charge in [0.05, 0.1) is 13.7 Å². The number of hydrogen-bond acceptors (Lipinski definition) is 4. The van der Waals surface area contributed by atoms with Crippen LogP contribution < -0.4 is 20.3 Å². The van der Waals surface area contributed by atoms with Crippen molar-refractivity contribution in [3.63, 3.8) is 0 Å². The maximum absolute atomic E-state index is 12.1. The first kappa shape index (κ1) is 19.5. The van der Waals surface area contributed by atoms with Crippen LogP contribution in [0, 0.1) is 0 Å². The van der Waals surface area contributed by atoms with Crippen LogP contribution in [0.3, 0.4) is 0 Å². The predicted octanol–water partition coefficient (Wildman–Crippen LogP) is 3.33. The second-order valence-electron chi connectivity index (χ2n) is 5.13. The third kappa shape index (κ3) is 5.63. The topological polar surface area (TPSA) is 76.7 Å². The second-order valence-corrected chi connectivity index (χ2v) is 6.04. The maximum Gasteiger partial charge on any atom is 0.269 e. The van der Waals surface area contributed by atoms with E-state index in [-0.39, 0.29) is 0 Å². The molecule has 0 aromatic heterocycles. The molecule has 0 aliphatic rings. The fraction of sp³-hybridized carbons (Fsp3) is 0.158. The number of hydrazine groups is 1. The molecule has 0 bridgehead atoms. The summed E-state index contributed by atoms with van der Waals surface area (Å²) in [6.45, 7) is 2.35. The van der Waals surface area contributed by atoms with Gasteiger partial charge in [-0.1, -0.05) is 28.1 Å². The number of hydrogen-bond donors (Lipinski definition) is 2. The Morgan fingerprint density at radius 1 is 1.08 bits per heavy atom. The van der Waals surface area contributed by atoms with E-state index >= 15 is 0 Å². The minimum atomic E-state index is -0.461. The van der Waals surface area contributed by atoms with Gasteiger partial charge in [0.15, 0.2) is 11.5 Å². The summed E-state index contributed by atoms with van der Waals surface area (Å²) in [4.78, 5) is 24.0. The molecule has 0 saturated heterocycles. The number of ether oxygens (including phenoxy) is 2. The number of carbonyl (C=O) groups excluding carboxylic acids is 2. The van der Waals surface area contributed by atoms with E-state index in [9.17, 15) is 9.59 Å². The lowest BCUT2D eigenvalue weighted by atomic mass is 10.2. The molecule has 0 atom stereocenters. The third-order valence-corrected chi connectivity index (χ3v) is 3.85. The Bertz CT molecular complexity index is 804. The van der Waals surface area contributed by atoms with Gasteiger partial charge >= 0.3 is 0 Å². The van der Waals surface area contributed by atoms with Crippen LogP contribution in [-0.4, -0.2) is 25.5 Å². The van der Waals surface area contributed by atoms with Crippen LogP contribution in [0.15, 0.2) is 53.0 Å². The number of nitrogens with one attached hydrogen (secondary N) is 2. The minimum absolute atomic E-state index is 0.336. The molecule has 26 heavy (non-hydrogen) atoms. The van der Waals surface area contributed by atoms with Crippen molar-refractivity contribution in [2.75, 3.05) is 13.7 Å². The van der Waals surface area contributed by atoms with E-state index in [1.165, 1.54) is 13.2 Å². The molecule has 0 fully saturated rings. The molecule has 2 aromatic rings. The van der Waals surface area contributed by atoms with E-state index in [0.29, 0.717) is 23.7 Å². The van der Waals surface area contributed by atoms with E-state index in [4.69, 9.17) is 9.47 Å². The Balaban J connectivity index is 1.93. The van der Waals surface area contributed by atoms with E-state index < -0.39 is 11.8 Å². The van der Waals surface area contributed by atoms with E-state index in [1.54, 1.807) is 24.3 Å². The average molecular weight is 419 g/mol.